The van der Waals surface area contributed by atoms with Gasteiger partial charge in [-0.2, -0.15) is 0 Å². The van der Waals surface area contributed by atoms with Crippen molar-refractivity contribution in [1.29, 1.82) is 0 Å². The zero-order valence-corrected chi connectivity index (χ0v) is 13.3. The van der Waals surface area contributed by atoms with Crippen LogP contribution in [-0.4, -0.2) is 35.7 Å². The molecule has 1 aromatic carbocycles. The van der Waals surface area contributed by atoms with Gasteiger partial charge in [-0.15, -0.1) is 11.3 Å². The quantitative estimate of drug-likeness (QED) is 0.917. The lowest BCUT2D eigenvalue weighted by atomic mass is 10.2. The van der Waals surface area contributed by atoms with E-state index in [9.17, 15) is 4.79 Å². The average molecular weight is 331 g/mol. The molecule has 2 aromatic rings. The van der Waals surface area contributed by atoms with Gasteiger partial charge in [-0.1, -0.05) is 0 Å². The predicted octanol–water partition coefficient (Wildman–Crippen LogP) is 3.28. The molecule has 1 saturated heterocycles. The third kappa shape index (κ3) is 2.84. The molecular weight excluding hydrogens is 314 g/mol. The van der Waals surface area contributed by atoms with Gasteiger partial charge in [-0.25, -0.2) is 9.78 Å². The van der Waals surface area contributed by atoms with Crippen LogP contribution >= 0.6 is 11.3 Å². The topological polar surface area (TPSA) is 63.7 Å². The smallest absolute Gasteiger partial charge is 0.322 e. The van der Waals surface area contributed by atoms with Gasteiger partial charge in [0.25, 0.3) is 0 Å². The van der Waals surface area contributed by atoms with Crippen LogP contribution < -0.4 is 14.8 Å². The number of likely N-dealkylation sites (tertiary alicyclic amines) is 1. The lowest BCUT2D eigenvalue weighted by molar-refractivity contribution is 0.171. The molecule has 0 radical (unpaired) electrons. The van der Waals surface area contributed by atoms with Crippen molar-refractivity contribution in [3.8, 4) is 11.5 Å². The molecule has 4 rings (SSSR count). The highest BCUT2D eigenvalue weighted by atomic mass is 32.1. The minimum atomic E-state index is -0.0978. The standard InChI is InChI=1S/C16H17N3O3S/c20-16(19-6-1-2-12(19)15-17-5-9-23-15)18-11-3-4-13-14(10-11)22-8-7-21-13/h3-5,9-10,12H,1-2,6-8H2,(H,18,20)/t12-/m1/s1. The van der Waals surface area contributed by atoms with Gasteiger partial charge in [0.1, 0.15) is 18.2 Å². The van der Waals surface area contributed by atoms with Gasteiger partial charge in [0.2, 0.25) is 0 Å². The van der Waals surface area contributed by atoms with Gasteiger partial charge in [0.05, 0.1) is 6.04 Å². The van der Waals surface area contributed by atoms with Gasteiger partial charge in [-0.3, -0.25) is 0 Å². The molecule has 3 heterocycles. The van der Waals surface area contributed by atoms with E-state index in [-0.39, 0.29) is 12.1 Å². The third-order valence-electron chi connectivity index (χ3n) is 4.04. The number of nitrogens with zero attached hydrogens (tertiary/aromatic N) is 2. The van der Waals surface area contributed by atoms with Gasteiger partial charge >= 0.3 is 6.03 Å². The largest absolute Gasteiger partial charge is 0.486 e. The van der Waals surface area contributed by atoms with E-state index in [0.717, 1.165) is 30.1 Å². The molecule has 1 aromatic heterocycles. The third-order valence-corrected chi connectivity index (χ3v) is 4.92. The summed E-state index contributed by atoms with van der Waals surface area (Å²) in [6.45, 7) is 1.84. The summed E-state index contributed by atoms with van der Waals surface area (Å²) < 4.78 is 11.0. The van der Waals surface area contributed by atoms with E-state index < -0.39 is 0 Å². The molecule has 2 aliphatic heterocycles. The van der Waals surface area contributed by atoms with E-state index in [1.165, 1.54) is 0 Å². The normalized spacial score (nSPS) is 19.7. The van der Waals surface area contributed by atoms with Crippen molar-refractivity contribution in [2.24, 2.45) is 0 Å². The number of aromatic nitrogens is 1. The van der Waals surface area contributed by atoms with Crippen molar-refractivity contribution in [3.05, 3.63) is 34.8 Å². The van der Waals surface area contributed by atoms with Crippen molar-refractivity contribution in [1.82, 2.24) is 9.88 Å². The summed E-state index contributed by atoms with van der Waals surface area (Å²) in [4.78, 5) is 18.8. The Hall–Kier alpha value is -2.28. The van der Waals surface area contributed by atoms with Crippen LogP contribution in [0.5, 0.6) is 11.5 Å². The van der Waals surface area contributed by atoms with Crippen molar-refractivity contribution < 1.29 is 14.3 Å². The number of hydrogen-bond acceptors (Lipinski definition) is 5. The molecule has 0 unspecified atom stereocenters. The SMILES string of the molecule is O=C(Nc1ccc2c(c1)OCCO2)N1CCC[C@@H]1c1nccs1. The molecule has 6 nitrogen and oxygen atoms in total. The van der Waals surface area contributed by atoms with Crippen LogP contribution in [0.3, 0.4) is 0 Å². The fraction of sp³-hybridized carbons (Fsp3) is 0.375. The van der Waals surface area contributed by atoms with E-state index in [2.05, 4.69) is 10.3 Å². The minimum Gasteiger partial charge on any atom is -0.486 e. The molecule has 2 aliphatic rings. The van der Waals surface area contributed by atoms with Crippen LogP contribution in [0.4, 0.5) is 10.5 Å². The number of ether oxygens (including phenoxy) is 2. The van der Waals surface area contributed by atoms with Gasteiger partial charge in [-0.05, 0) is 25.0 Å². The van der Waals surface area contributed by atoms with Gasteiger partial charge in [0, 0.05) is 29.9 Å². The fourth-order valence-corrected chi connectivity index (χ4v) is 3.77. The first kappa shape index (κ1) is 14.3. The highest BCUT2D eigenvalue weighted by Gasteiger charge is 2.31. The van der Waals surface area contributed by atoms with Gasteiger partial charge < -0.3 is 19.7 Å². The molecule has 1 atom stereocenters. The Labute approximate surface area is 138 Å². The van der Waals surface area contributed by atoms with E-state index in [1.54, 1.807) is 23.6 Å². The monoisotopic (exact) mass is 331 g/mol. The number of benzene rings is 1. The number of thiazole rings is 1. The number of carbonyl (C=O) groups is 1. The molecule has 23 heavy (non-hydrogen) atoms. The zero-order chi connectivity index (χ0) is 15.6. The molecule has 1 fully saturated rings. The maximum atomic E-state index is 12.6. The predicted molar refractivity (Wildman–Crippen MR) is 87.2 cm³/mol. The lowest BCUT2D eigenvalue weighted by Gasteiger charge is -2.24. The number of anilines is 1. The Balaban J connectivity index is 1.49. The second-order valence-corrected chi connectivity index (χ2v) is 6.44. The Bertz CT molecular complexity index is 705. The summed E-state index contributed by atoms with van der Waals surface area (Å²) in [6, 6.07) is 5.44. The number of urea groups is 1. The molecule has 1 N–H and O–H groups in total. The molecule has 2 amide bonds. The van der Waals surface area contributed by atoms with Crippen LogP contribution in [0.25, 0.3) is 0 Å². The summed E-state index contributed by atoms with van der Waals surface area (Å²) >= 11 is 1.60. The van der Waals surface area contributed by atoms with E-state index >= 15 is 0 Å². The summed E-state index contributed by atoms with van der Waals surface area (Å²) in [5.41, 5.74) is 0.712. The number of rotatable bonds is 2. The maximum absolute atomic E-state index is 12.6. The molecular formula is C16H17N3O3S. The summed E-state index contributed by atoms with van der Waals surface area (Å²) in [6.07, 6.45) is 3.75. The molecule has 120 valence electrons. The van der Waals surface area contributed by atoms with Crippen molar-refractivity contribution in [2.45, 2.75) is 18.9 Å². The van der Waals surface area contributed by atoms with Crippen LogP contribution in [0.1, 0.15) is 23.9 Å². The highest BCUT2D eigenvalue weighted by molar-refractivity contribution is 7.09. The Morgan fingerprint density at radius 3 is 3.00 bits per heavy atom. The number of fused-ring (bicyclic) bond motifs is 1. The maximum Gasteiger partial charge on any atom is 0.322 e. The van der Waals surface area contributed by atoms with E-state index in [0.29, 0.717) is 24.7 Å². The summed E-state index contributed by atoms with van der Waals surface area (Å²) in [7, 11) is 0. The summed E-state index contributed by atoms with van der Waals surface area (Å²) in [5, 5.41) is 5.90. The minimum absolute atomic E-state index is 0.0761. The van der Waals surface area contributed by atoms with Crippen LogP contribution in [0.15, 0.2) is 29.8 Å². The number of hydrogen-bond donors (Lipinski definition) is 1. The van der Waals surface area contributed by atoms with Crippen molar-refractivity contribution >= 4 is 23.1 Å². The number of nitrogens with one attached hydrogen (secondary N) is 1. The molecule has 0 spiro atoms. The van der Waals surface area contributed by atoms with E-state index in [4.69, 9.17) is 9.47 Å². The van der Waals surface area contributed by atoms with E-state index in [1.807, 2.05) is 22.4 Å². The second kappa shape index (κ2) is 6.08. The molecule has 0 aliphatic carbocycles. The zero-order valence-electron chi connectivity index (χ0n) is 12.5. The first-order valence-electron chi connectivity index (χ1n) is 7.68. The number of amides is 2. The number of carbonyl (C=O) groups excluding carboxylic acids is 1. The first-order chi connectivity index (χ1) is 11.3. The van der Waals surface area contributed by atoms with Crippen LogP contribution in [0.2, 0.25) is 0 Å². The Morgan fingerprint density at radius 1 is 1.30 bits per heavy atom. The molecule has 0 saturated carbocycles. The van der Waals surface area contributed by atoms with Crippen LogP contribution in [-0.2, 0) is 0 Å². The molecule has 0 bridgehead atoms. The first-order valence-corrected chi connectivity index (χ1v) is 8.56. The summed E-state index contributed by atoms with van der Waals surface area (Å²) in [5.74, 6) is 1.39. The van der Waals surface area contributed by atoms with Crippen molar-refractivity contribution in [3.63, 3.8) is 0 Å². The molecule has 7 heteroatoms. The fourth-order valence-electron chi connectivity index (χ4n) is 2.98. The van der Waals surface area contributed by atoms with Gasteiger partial charge in [0.15, 0.2) is 11.5 Å². The lowest BCUT2D eigenvalue weighted by Crippen LogP contribution is -2.34. The highest BCUT2D eigenvalue weighted by Crippen LogP contribution is 2.35. The average Bonchev–Trinajstić information content (AvgIpc) is 3.25. The van der Waals surface area contributed by atoms with Crippen LogP contribution in [0, 0.1) is 0 Å². The Kier molecular flexibility index (Phi) is 3.78. The van der Waals surface area contributed by atoms with Crippen molar-refractivity contribution in [2.75, 3.05) is 25.1 Å². The second-order valence-electron chi connectivity index (χ2n) is 5.51. The Morgan fingerprint density at radius 2 is 2.17 bits per heavy atom.